The fourth-order valence-electron chi connectivity index (χ4n) is 3.51. The van der Waals surface area contributed by atoms with Crippen LogP contribution in [-0.4, -0.2) is 54.6 Å². The molecule has 2 aliphatic heterocycles. The number of piperazine rings is 1. The number of hydrogen-bond acceptors (Lipinski definition) is 5. The van der Waals surface area contributed by atoms with Gasteiger partial charge >= 0.3 is 0 Å². The van der Waals surface area contributed by atoms with E-state index in [9.17, 15) is 9.18 Å². The lowest BCUT2D eigenvalue weighted by molar-refractivity contribution is -0.121. The number of rotatable bonds is 3. The van der Waals surface area contributed by atoms with E-state index in [0.29, 0.717) is 12.2 Å². The average Bonchev–Trinajstić information content (AvgIpc) is 3.26. The maximum absolute atomic E-state index is 14.0. The largest absolute Gasteiger partial charge is 0.346 e. The first kappa shape index (κ1) is 15.5. The second-order valence-corrected chi connectivity index (χ2v) is 6.96. The molecule has 2 aliphatic rings. The van der Waals surface area contributed by atoms with Crippen LogP contribution in [0.25, 0.3) is 0 Å². The van der Waals surface area contributed by atoms with Crippen molar-refractivity contribution in [3.8, 4) is 0 Å². The van der Waals surface area contributed by atoms with Gasteiger partial charge in [0, 0.05) is 44.3 Å². The Hall–Kier alpha value is -1.99. The van der Waals surface area contributed by atoms with Crippen LogP contribution >= 0.6 is 11.3 Å². The Balaban J connectivity index is 1.42. The van der Waals surface area contributed by atoms with E-state index in [1.165, 1.54) is 6.07 Å². The molecule has 4 rings (SSSR count). The van der Waals surface area contributed by atoms with Gasteiger partial charge in [-0.2, -0.15) is 0 Å². The number of carbonyl (C=O) groups is 1. The van der Waals surface area contributed by atoms with E-state index in [4.69, 9.17) is 0 Å². The zero-order valence-corrected chi connectivity index (χ0v) is 14.1. The van der Waals surface area contributed by atoms with Crippen LogP contribution in [0.1, 0.15) is 6.42 Å². The van der Waals surface area contributed by atoms with Gasteiger partial charge in [-0.1, -0.05) is 12.1 Å². The molecule has 1 aromatic heterocycles. The lowest BCUT2D eigenvalue weighted by Crippen LogP contribution is -2.52. The maximum Gasteiger partial charge on any atom is 0.244 e. The zero-order valence-electron chi connectivity index (χ0n) is 13.3. The van der Waals surface area contributed by atoms with Crippen LogP contribution in [0, 0.1) is 5.82 Å². The Morgan fingerprint density at radius 1 is 1.12 bits per heavy atom. The summed E-state index contributed by atoms with van der Waals surface area (Å²) in [5.74, 6) is -0.317. The van der Waals surface area contributed by atoms with Crippen molar-refractivity contribution in [1.29, 1.82) is 0 Å². The third-order valence-corrected chi connectivity index (χ3v) is 5.60. The highest BCUT2D eigenvalue weighted by Gasteiger charge is 2.38. The van der Waals surface area contributed by atoms with Gasteiger partial charge in [-0.15, -0.1) is 11.3 Å². The molecule has 0 aliphatic carbocycles. The fourth-order valence-corrected chi connectivity index (χ4v) is 4.21. The molecule has 1 unspecified atom stereocenters. The first-order valence-electron chi connectivity index (χ1n) is 8.18. The van der Waals surface area contributed by atoms with E-state index in [2.05, 4.69) is 14.8 Å². The predicted molar refractivity (Wildman–Crippen MR) is 93.1 cm³/mol. The molecule has 0 radical (unpaired) electrons. The Kier molecular flexibility index (Phi) is 4.20. The van der Waals surface area contributed by atoms with Gasteiger partial charge < -0.3 is 9.80 Å². The maximum atomic E-state index is 14.0. The second-order valence-electron chi connectivity index (χ2n) is 6.08. The quantitative estimate of drug-likeness (QED) is 0.854. The average molecular weight is 346 g/mol. The minimum atomic E-state index is -0.333. The van der Waals surface area contributed by atoms with Crippen molar-refractivity contribution in [1.82, 2.24) is 9.88 Å². The van der Waals surface area contributed by atoms with E-state index in [0.717, 1.165) is 37.7 Å². The van der Waals surface area contributed by atoms with Crippen LogP contribution in [0.3, 0.4) is 0 Å². The minimum Gasteiger partial charge on any atom is -0.346 e. The molecule has 126 valence electrons. The molecule has 0 N–H and O–H groups in total. The van der Waals surface area contributed by atoms with Gasteiger partial charge in [0.15, 0.2) is 5.13 Å². The third-order valence-electron chi connectivity index (χ3n) is 4.77. The lowest BCUT2D eigenvalue weighted by atomic mass is 10.2. The van der Waals surface area contributed by atoms with Crippen molar-refractivity contribution in [3.63, 3.8) is 0 Å². The number of carbonyl (C=O) groups excluding carboxylic acids is 1. The predicted octanol–water partition coefficient (Wildman–Crippen LogP) is 2.21. The van der Waals surface area contributed by atoms with Crippen LogP contribution in [0.15, 0.2) is 35.8 Å². The fraction of sp³-hybridized carbons (Fsp3) is 0.412. The summed E-state index contributed by atoms with van der Waals surface area (Å²) in [6.45, 7) is 3.99. The Morgan fingerprint density at radius 2 is 1.92 bits per heavy atom. The van der Waals surface area contributed by atoms with Crippen molar-refractivity contribution < 1.29 is 9.18 Å². The van der Waals surface area contributed by atoms with Crippen molar-refractivity contribution in [2.75, 3.05) is 42.5 Å². The van der Waals surface area contributed by atoms with E-state index in [1.807, 2.05) is 11.6 Å². The number of thiazole rings is 1. The Bertz CT molecular complexity index is 715. The molecule has 1 aromatic carbocycles. The summed E-state index contributed by atoms with van der Waals surface area (Å²) in [4.78, 5) is 23.2. The van der Waals surface area contributed by atoms with E-state index < -0.39 is 0 Å². The first-order chi connectivity index (χ1) is 11.7. The highest BCUT2D eigenvalue weighted by molar-refractivity contribution is 7.13. The molecular formula is C17H19FN4OS. The van der Waals surface area contributed by atoms with Gasteiger partial charge in [0.2, 0.25) is 5.91 Å². The summed E-state index contributed by atoms with van der Waals surface area (Å²) in [6.07, 6.45) is 2.57. The number of aromatic nitrogens is 1. The molecule has 2 aromatic rings. The molecule has 5 nitrogen and oxygen atoms in total. The van der Waals surface area contributed by atoms with Gasteiger partial charge in [-0.3, -0.25) is 9.69 Å². The number of anilines is 2. The van der Waals surface area contributed by atoms with Gasteiger partial charge in [0.05, 0.1) is 11.7 Å². The number of halogens is 1. The monoisotopic (exact) mass is 346 g/mol. The molecule has 0 saturated carbocycles. The normalized spacial score (nSPS) is 22.4. The Labute approximate surface area is 144 Å². The number of benzene rings is 1. The first-order valence-corrected chi connectivity index (χ1v) is 9.06. The topological polar surface area (TPSA) is 39.7 Å². The van der Waals surface area contributed by atoms with Crippen molar-refractivity contribution in [2.24, 2.45) is 0 Å². The highest BCUT2D eigenvalue weighted by Crippen LogP contribution is 2.28. The smallest absolute Gasteiger partial charge is 0.244 e. The van der Waals surface area contributed by atoms with Gasteiger partial charge in [-0.25, -0.2) is 9.37 Å². The number of para-hydroxylation sites is 1. The molecule has 2 fully saturated rings. The number of nitrogens with zero attached hydrogens (tertiary/aromatic N) is 4. The molecule has 1 atom stereocenters. The minimum absolute atomic E-state index is 0.0165. The SMILES string of the molecule is O=C1C(N2CCN(c3nccs3)CC2)CCN1c1ccccc1F. The summed E-state index contributed by atoms with van der Waals surface area (Å²) in [5.41, 5.74) is 0.395. The van der Waals surface area contributed by atoms with Crippen LogP contribution in [-0.2, 0) is 4.79 Å². The van der Waals surface area contributed by atoms with Crippen LogP contribution < -0.4 is 9.80 Å². The van der Waals surface area contributed by atoms with Crippen molar-refractivity contribution in [2.45, 2.75) is 12.5 Å². The summed E-state index contributed by atoms with van der Waals surface area (Å²) in [5, 5.41) is 3.02. The summed E-state index contributed by atoms with van der Waals surface area (Å²) in [7, 11) is 0. The molecule has 0 spiro atoms. The Morgan fingerprint density at radius 3 is 2.62 bits per heavy atom. The summed E-state index contributed by atoms with van der Waals surface area (Å²) < 4.78 is 14.0. The van der Waals surface area contributed by atoms with Gasteiger partial charge in [0.25, 0.3) is 0 Å². The summed E-state index contributed by atoms with van der Waals surface area (Å²) >= 11 is 1.64. The molecule has 3 heterocycles. The van der Waals surface area contributed by atoms with E-state index >= 15 is 0 Å². The lowest BCUT2D eigenvalue weighted by Gasteiger charge is -2.37. The third kappa shape index (κ3) is 2.78. The van der Waals surface area contributed by atoms with E-state index in [-0.39, 0.29) is 17.8 Å². The van der Waals surface area contributed by atoms with Crippen LogP contribution in [0.2, 0.25) is 0 Å². The molecule has 7 heteroatoms. The van der Waals surface area contributed by atoms with E-state index in [1.54, 1.807) is 34.4 Å². The van der Waals surface area contributed by atoms with Crippen LogP contribution in [0.5, 0.6) is 0 Å². The zero-order chi connectivity index (χ0) is 16.5. The molecule has 24 heavy (non-hydrogen) atoms. The molecule has 1 amide bonds. The number of hydrogen-bond donors (Lipinski definition) is 0. The van der Waals surface area contributed by atoms with Crippen molar-refractivity contribution >= 4 is 28.1 Å². The van der Waals surface area contributed by atoms with Crippen LogP contribution in [0.4, 0.5) is 15.2 Å². The summed E-state index contributed by atoms with van der Waals surface area (Å²) in [6, 6.07) is 6.36. The van der Waals surface area contributed by atoms with Crippen molar-refractivity contribution in [3.05, 3.63) is 41.7 Å². The second kappa shape index (κ2) is 6.49. The highest BCUT2D eigenvalue weighted by atomic mass is 32.1. The molecular weight excluding hydrogens is 327 g/mol. The van der Waals surface area contributed by atoms with Gasteiger partial charge in [0.1, 0.15) is 5.82 Å². The standard InChI is InChI=1S/C17H19FN4OS/c18-13-3-1-2-4-14(13)22-7-5-15(16(22)23)20-8-10-21(11-9-20)17-19-6-12-24-17/h1-4,6,12,15H,5,7-11H2. The molecule has 2 saturated heterocycles. The number of amides is 1. The van der Waals surface area contributed by atoms with Gasteiger partial charge in [-0.05, 0) is 18.6 Å². The molecule has 0 bridgehead atoms.